The first-order valence-corrected chi connectivity index (χ1v) is 12.3. The van der Waals surface area contributed by atoms with Crippen molar-refractivity contribution in [2.24, 2.45) is 0 Å². The molecule has 1 aliphatic heterocycles. The van der Waals surface area contributed by atoms with Crippen molar-refractivity contribution in [2.75, 3.05) is 26.2 Å². The lowest BCUT2D eigenvalue weighted by atomic mass is 9.96. The molecular weight excluding hydrogens is 450 g/mol. The molecule has 0 saturated carbocycles. The Morgan fingerprint density at radius 3 is 2.00 bits per heavy atom. The van der Waals surface area contributed by atoms with Gasteiger partial charge in [0.15, 0.2) is 0 Å². The number of halogens is 2. The van der Waals surface area contributed by atoms with E-state index in [2.05, 4.69) is 53.4 Å². The summed E-state index contributed by atoms with van der Waals surface area (Å²) >= 11 is 1.37. The molecule has 2 heterocycles. The Morgan fingerprint density at radius 1 is 0.853 bits per heavy atom. The average Bonchev–Trinajstić information content (AvgIpc) is 3.29. The van der Waals surface area contributed by atoms with E-state index in [0.717, 1.165) is 24.7 Å². The summed E-state index contributed by atoms with van der Waals surface area (Å²) in [7, 11) is 0. The van der Waals surface area contributed by atoms with E-state index in [1.54, 1.807) is 12.1 Å². The minimum atomic E-state index is -2.90. The van der Waals surface area contributed by atoms with Crippen LogP contribution in [0.3, 0.4) is 0 Å². The van der Waals surface area contributed by atoms with Crippen LogP contribution in [0, 0.1) is 0 Å². The van der Waals surface area contributed by atoms with E-state index in [1.165, 1.54) is 34.6 Å². The number of alkyl halides is 2. The molecule has 1 aliphatic rings. The van der Waals surface area contributed by atoms with E-state index in [-0.39, 0.29) is 17.5 Å². The number of carbonyl (C=O) groups is 1. The first kappa shape index (κ1) is 22.7. The molecule has 6 heteroatoms. The number of piperazine rings is 1. The van der Waals surface area contributed by atoms with E-state index in [1.807, 2.05) is 17.0 Å². The summed E-state index contributed by atoms with van der Waals surface area (Å²) in [5.74, 6) is -2.92. The Bertz CT molecular complexity index is 1240. The van der Waals surface area contributed by atoms with Crippen molar-refractivity contribution in [1.82, 2.24) is 9.80 Å². The third-order valence-corrected chi connectivity index (χ3v) is 7.54. The maximum atomic E-state index is 13.7. The number of fused-ring (bicyclic) bond motifs is 1. The van der Waals surface area contributed by atoms with Gasteiger partial charge in [0.05, 0.1) is 10.9 Å². The molecule has 174 valence electrons. The van der Waals surface area contributed by atoms with Gasteiger partial charge in [0, 0.05) is 43.4 Å². The minimum absolute atomic E-state index is 0.0263. The molecule has 1 fully saturated rings. The number of hydrogen-bond donors (Lipinski definition) is 0. The van der Waals surface area contributed by atoms with Crippen LogP contribution in [0.5, 0.6) is 0 Å². The van der Waals surface area contributed by atoms with Crippen LogP contribution in [0.2, 0.25) is 0 Å². The number of thiophene rings is 1. The molecule has 0 aliphatic carbocycles. The lowest BCUT2D eigenvalue weighted by Gasteiger charge is -2.39. The van der Waals surface area contributed by atoms with Crippen molar-refractivity contribution in [3.8, 4) is 0 Å². The highest BCUT2D eigenvalue weighted by Gasteiger charge is 2.29. The standard InChI is InChI=1S/C28H26F2N2OS/c1-28(29,30)23-12-13-24-22(18-23)19-25(34-24)27(33)32-16-14-31(15-17-32)26(20-8-4-2-5-9-20)21-10-6-3-7-11-21/h2-13,18-19,26H,14-17H2,1H3. The van der Waals surface area contributed by atoms with Gasteiger partial charge in [0.1, 0.15) is 0 Å². The summed E-state index contributed by atoms with van der Waals surface area (Å²) < 4.78 is 28.3. The molecule has 0 atom stereocenters. The van der Waals surface area contributed by atoms with Gasteiger partial charge < -0.3 is 4.90 Å². The van der Waals surface area contributed by atoms with Gasteiger partial charge in [-0.15, -0.1) is 11.3 Å². The summed E-state index contributed by atoms with van der Waals surface area (Å²) in [5, 5.41) is 0.694. The van der Waals surface area contributed by atoms with Gasteiger partial charge in [-0.05, 0) is 34.7 Å². The molecule has 0 unspecified atom stereocenters. The van der Waals surface area contributed by atoms with Gasteiger partial charge in [-0.3, -0.25) is 9.69 Å². The highest BCUT2D eigenvalue weighted by atomic mass is 32.1. The monoisotopic (exact) mass is 476 g/mol. The molecule has 0 N–H and O–H groups in total. The van der Waals surface area contributed by atoms with E-state index >= 15 is 0 Å². The van der Waals surface area contributed by atoms with Crippen molar-refractivity contribution in [1.29, 1.82) is 0 Å². The van der Waals surface area contributed by atoms with Gasteiger partial charge in [-0.1, -0.05) is 66.7 Å². The smallest absolute Gasteiger partial charge is 0.270 e. The third-order valence-electron chi connectivity index (χ3n) is 6.43. The zero-order valence-electron chi connectivity index (χ0n) is 19.0. The van der Waals surface area contributed by atoms with E-state index in [0.29, 0.717) is 23.4 Å². The van der Waals surface area contributed by atoms with Gasteiger partial charge in [0.2, 0.25) is 0 Å². The molecule has 3 nitrogen and oxygen atoms in total. The van der Waals surface area contributed by atoms with Crippen molar-refractivity contribution < 1.29 is 13.6 Å². The Kier molecular flexibility index (Phi) is 6.19. The van der Waals surface area contributed by atoms with E-state index < -0.39 is 5.92 Å². The summed E-state index contributed by atoms with van der Waals surface area (Å²) in [6.45, 7) is 3.67. The lowest BCUT2D eigenvalue weighted by Crippen LogP contribution is -2.49. The molecule has 0 bridgehead atoms. The summed E-state index contributed by atoms with van der Waals surface area (Å²) in [6, 6.07) is 27.4. The van der Waals surface area contributed by atoms with Crippen LogP contribution in [0.1, 0.15) is 39.3 Å². The molecule has 1 saturated heterocycles. The molecule has 0 spiro atoms. The molecule has 0 radical (unpaired) electrons. The van der Waals surface area contributed by atoms with Gasteiger partial charge in [-0.2, -0.15) is 0 Å². The second kappa shape index (κ2) is 9.28. The van der Waals surface area contributed by atoms with Crippen LogP contribution < -0.4 is 0 Å². The normalized spacial score (nSPS) is 15.2. The molecule has 5 rings (SSSR count). The number of nitrogens with zero attached hydrogens (tertiary/aromatic N) is 2. The van der Waals surface area contributed by atoms with E-state index in [4.69, 9.17) is 0 Å². The van der Waals surface area contributed by atoms with E-state index in [9.17, 15) is 13.6 Å². The molecule has 4 aromatic rings. The lowest BCUT2D eigenvalue weighted by molar-refractivity contribution is 0.0176. The minimum Gasteiger partial charge on any atom is -0.335 e. The van der Waals surface area contributed by atoms with Crippen molar-refractivity contribution in [3.63, 3.8) is 0 Å². The summed E-state index contributed by atoms with van der Waals surface area (Å²) in [6.07, 6.45) is 0. The maximum absolute atomic E-state index is 13.7. The zero-order valence-corrected chi connectivity index (χ0v) is 19.8. The van der Waals surface area contributed by atoms with Crippen LogP contribution in [0.15, 0.2) is 84.9 Å². The fourth-order valence-electron chi connectivity index (χ4n) is 4.65. The third kappa shape index (κ3) is 4.61. The van der Waals surface area contributed by atoms with Gasteiger partial charge in [0.25, 0.3) is 11.8 Å². The first-order chi connectivity index (χ1) is 16.4. The quantitative estimate of drug-likeness (QED) is 0.326. The molecule has 3 aromatic carbocycles. The highest BCUT2D eigenvalue weighted by molar-refractivity contribution is 7.20. The van der Waals surface area contributed by atoms with Crippen molar-refractivity contribution in [2.45, 2.75) is 18.9 Å². The van der Waals surface area contributed by atoms with Crippen LogP contribution in [0.4, 0.5) is 8.78 Å². The van der Waals surface area contributed by atoms with Gasteiger partial charge >= 0.3 is 0 Å². The molecule has 1 amide bonds. The summed E-state index contributed by atoms with van der Waals surface area (Å²) in [4.78, 5) is 18.1. The maximum Gasteiger partial charge on any atom is 0.270 e. The molecule has 1 aromatic heterocycles. The summed E-state index contributed by atoms with van der Waals surface area (Å²) in [5.41, 5.74) is 2.45. The molecular formula is C28H26F2N2OS. The number of rotatable bonds is 5. The van der Waals surface area contributed by atoms with Crippen LogP contribution >= 0.6 is 11.3 Å². The highest BCUT2D eigenvalue weighted by Crippen LogP contribution is 2.34. The number of hydrogen-bond acceptors (Lipinski definition) is 3. The Labute approximate surface area is 202 Å². The Balaban J connectivity index is 1.33. The van der Waals surface area contributed by atoms with Crippen LogP contribution in [-0.4, -0.2) is 41.9 Å². The Hall–Kier alpha value is -3.09. The fraction of sp³-hybridized carbons (Fsp3) is 0.250. The average molecular weight is 477 g/mol. The SMILES string of the molecule is CC(F)(F)c1ccc2sc(C(=O)N3CCN(C(c4ccccc4)c4ccccc4)CC3)cc2c1. The predicted molar refractivity (Wildman–Crippen MR) is 134 cm³/mol. The van der Waals surface area contributed by atoms with Crippen LogP contribution in [0.25, 0.3) is 10.1 Å². The number of benzene rings is 3. The Morgan fingerprint density at radius 2 is 1.44 bits per heavy atom. The fourth-order valence-corrected chi connectivity index (χ4v) is 5.66. The number of carbonyl (C=O) groups excluding carboxylic acids is 1. The largest absolute Gasteiger partial charge is 0.335 e. The predicted octanol–water partition coefficient (Wildman–Crippen LogP) is 6.56. The zero-order chi connectivity index (χ0) is 23.7. The molecule has 34 heavy (non-hydrogen) atoms. The topological polar surface area (TPSA) is 23.6 Å². The van der Waals surface area contributed by atoms with Crippen molar-refractivity contribution >= 4 is 27.3 Å². The van der Waals surface area contributed by atoms with Gasteiger partial charge in [-0.25, -0.2) is 8.78 Å². The second-order valence-electron chi connectivity index (χ2n) is 8.80. The number of amides is 1. The first-order valence-electron chi connectivity index (χ1n) is 11.5. The van der Waals surface area contributed by atoms with Crippen LogP contribution in [-0.2, 0) is 5.92 Å². The second-order valence-corrected chi connectivity index (χ2v) is 9.89. The van der Waals surface area contributed by atoms with Crippen molar-refractivity contribution in [3.05, 3.63) is 106 Å².